The molecule has 0 amide bonds. The second kappa shape index (κ2) is 11.2. The number of aryl methyl sites for hydroxylation is 1. The minimum absolute atomic E-state index is 0. The van der Waals surface area contributed by atoms with Gasteiger partial charge in [-0.2, -0.15) is 11.6 Å². The number of hydrogen-bond acceptors (Lipinski definition) is 1. The van der Waals surface area contributed by atoms with Crippen molar-refractivity contribution in [1.29, 1.82) is 0 Å². The van der Waals surface area contributed by atoms with Gasteiger partial charge >= 0.3 is 23.1 Å². The van der Waals surface area contributed by atoms with Gasteiger partial charge in [-0.25, -0.2) is 0 Å². The van der Waals surface area contributed by atoms with Crippen molar-refractivity contribution < 1.29 is 24.0 Å². The third kappa shape index (κ3) is 7.03. The van der Waals surface area contributed by atoms with Crippen LogP contribution in [0.5, 0.6) is 0 Å². The molecule has 1 rings (SSSR count). The molecule has 1 aromatic heterocycles. The fourth-order valence-corrected chi connectivity index (χ4v) is 2.38. The van der Waals surface area contributed by atoms with Crippen molar-refractivity contribution in [1.82, 2.24) is 0 Å². The summed E-state index contributed by atoms with van der Waals surface area (Å²) in [6.07, 6.45) is 6.57. The monoisotopic (exact) mass is 396 g/mol. The van der Waals surface area contributed by atoms with Gasteiger partial charge in [0.25, 0.3) is 0 Å². The summed E-state index contributed by atoms with van der Waals surface area (Å²) in [5.41, 5.74) is 1.43. The molecule has 0 fully saturated rings. The molecule has 0 aliphatic rings. The average molecular weight is 397 g/mol. The van der Waals surface area contributed by atoms with Crippen LogP contribution in [0.15, 0.2) is 9.85 Å². The Morgan fingerprint density at radius 1 is 1.36 bits per heavy atom. The molecule has 0 unspecified atom stereocenters. The van der Waals surface area contributed by atoms with Crippen molar-refractivity contribution in [2.45, 2.75) is 39.0 Å². The summed E-state index contributed by atoms with van der Waals surface area (Å²) in [6, 6.07) is 2.10. The number of hydrogen-bond donors (Lipinski definition) is 0. The number of halogens is 2. The van der Waals surface area contributed by atoms with Crippen LogP contribution in [-0.4, -0.2) is 23.1 Å². The molecule has 0 aromatic carbocycles. The van der Waals surface area contributed by atoms with Gasteiger partial charge in [-0.05, 0) is 0 Å². The third-order valence-corrected chi connectivity index (χ3v) is 3.61. The minimum Gasteiger partial charge on any atom is -1.00 e. The second-order valence-corrected chi connectivity index (χ2v) is 5.14. The molecule has 0 radical (unpaired) electrons. The maximum atomic E-state index is 3.52. The fourth-order valence-electron chi connectivity index (χ4n) is 1.19. The van der Waals surface area contributed by atoms with E-state index in [9.17, 15) is 0 Å². The van der Waals surface area contributed by atoms with Crippen molar-refractivity contribution in [2.24, 2.45) is 0 Å². The first-order valence-electron chi connectivity index (χ1n) is 4.49. The van der Waals surface area contributed by atoms with E-state index in [1.54, 1.807) is 11.3 Å². The fraction of sp³-hybridized carbons (Fsp3) is 0.600. The van der Waals surface area contributed by atoms with Crippen LogP contribution in [0.4, 0.5) is 0 Å². The summed E-state index contributed by atoms with van der Waals surface area (Å²) in [5.74, 6) is 0. The Hall–Kier alpha value is 1.68. The van der Waals surface area contributed by atoms with Crippen molar-refractivity contribution in [3.8, 4) is 0 Å². The maximum absolute atomic E-state index is 3.52. The topological polar surface area (TPSA) is 0 Å². The van der Waals surface area contributed by atoms with E-state index in [1.807, 2.05) is 0 Å². The van der Waals surface area contributed by atoms with E-state index in [2.05, 4.69) is 34.3 Å². The van der Waals surface area contributed by atoms with Gasteiger partial charge in [-0.1, -0.05) is 42.8 Å². The molecule has 14 heavy (non-hydrogen) atoms. The molecular formula is C10H14BrIMgS. The first-order valence-corrected chi connectivity index (χ1v) is 6.09. The zero-order chi connectivity index (χ0) is 8.81. The van der Waals surface area contributed by atoms with Crippen molar-refractivity contribution in [3.05, 3.63) is 20.8 Å². The summed E-state index contributed by atoms with van der Waals surface area (Å²) >= 11 is 5.18. The number of thiophene rings is 1. The summed E-state index contributed by atoms with van der Waals surface area (Å²) in [7, 11) is 0. The third-order valence-electron chi connectivity index (χ3n) is 1.93. The molecule has 1 aromatic rings. The molecule has 0 bridgehead atoms. The van der Waals surface area contributed by atoms with E-state index in [-0.39, 0.29) is 47.0 Å². The van der Waals surface area contributed by atoms with E-state index < -0.39 is 0 Å². The largest absolute Gasteiger partial charge is 2.00 e. The second-order valence-electron chi connectivity index (χ2n) is 2.97. The predicted octanol–water partition coefficient (Wildman–Crippen LogP) is 1.06. The van der Waals surface area contributed by atoms with Gasteiger partial charge in [-0.15, -0.1) is 21.3 Å². The SMILES string of the molecule is CCCCCCc1c[c-]sc1Br.[I-].[Mg+2]. The van der Waals surface area contributed by atoms with Crippen LogP contribution < -0.4 is 24.0 Å². The van der Waals surface area contributed by atoms with Gasteiger partial charge in [0.2, 0.25) is 0 Å². The van der Waals surface area contributed by atoms with Gasteiger partial charge in [0.1, 0.15) is 0 Å². The van der Waals surface area contributed by atoms with Crippen LogP contribution in [0.3, 0.4) is 0 Å². The molecule has 76 valence electrons. The Morgan fingerprint density at radius 2 is 2.07 bits per heavy atom. The van der Waals surface area contributed by atoms with Gasteiger partial charge in [0, 0.05) is 0 Å². The molecule has 1 heterocycles. The minimum atomic E-state index is 0. The molecular weight excluding hydrogens is 383 g/mol. The molecule has 0 nitrogen and oxygen atoms in total. The van der Waals surface area contributed by atoms with E-state index in [4.69, 9.17) is 0 Å². The average Bonchev–Trinajstić information content (AvgIpc) is 2.46. The maximum Gasteiger partial charge on any atom is 2.00 e. The number of rotatable bonds is 5. The molecule has 4 heteroatoms. The Labute approximate surface area is 133 Å². The molecule has 0 atom stereocenters. The van der Waals surface area contributed by atoms with Gasteiger partial charge in [-0.3, -0.25) is 11.3 Å². The predicted molar refractivity (Wildman–Crippen MR) is 64.5 cm³/mol. The van der Waals surface area contributed by atoms with E-state index in [0.29, 0.717) is 0 Å². The van der Waals surface area contributed by atoms with Crippen LogP contribution >= 0.6 is 27.3 Å². The normalized spacial score (nSPS) is 9.00. The molecule has 0 saturated carbocycles. The first kappa shape index (κ1) is 18.1. The molecule has 0 aliphatic heterocycles. The zero-order valence-corrected chi connectivity index (χ0v) is 14.5. The van der Waals surface area contributed by atoms with Crippen LogP contribution in [0.2, 0.25) is 0 Å². The summed E-state index contributed by atoms with van der Waals surface area (Å²) in [6.45, 7) is 2.24. The quantitative estimate of drug-likeness (QED) is 0.302. The summed E-state index contributed by atoms with van der Waals surface area (Å²) in [4.78, 5) is 0. The van der Waals surface area contributed by atoms with E-state index >= 15 is 0 Å². The van der Waals surface area contributed by atoms with Crippen molar-refractivity contribution in [3.63, 3.8) is 0 Å². The Kier molecular flexibility index (Phi) is 14.4. The smallest absolute Gasteiger partial charge is 1.00 e. The van der Waals surface area contributed by atoms with Gasteiger partial charge in [0.05, 0.1) is 0 Å². The molecule has 0 spiro atoms. The van der Waals surface area contributed by atoms with Crippen LogP contribution in [0.25, 0.3) is 0 Å². The zero-order valence-electron chi connectivity index (χ0n) is 8.48. The van der Waals surface area contributed by atoms with Gasteiger partial charge < -0.3 is 24.0 Å². The standard InChI is InChI=1S/C10H14BrS.HI.Mg/c1-2-3-4-5-6-9-7-8-12-10(9)11;;/h7H,2-6H2,1H3;1H;/q-1;;+2/p-1. The van der Waals surface area contributed by atoms with E-state index in [0.717, 1.165) is 0 Å². The summed E-state index contributed by atoms with van der Waals surface area (Å²) < 4.78 is 1.26. The Balaban J connectivity index is 0. The number of unbranched alkanes of at least 4 members (excludes halogenated alkanes) is 3. The van der Waals surface area contributed by atoms with Crippen molar-refractivity contribution in [2.75, 3.05) is 0 Å². The first-order chi connectivity index (χ1) is 5.84. The molecule has 0 aliphatic carbocycles. The molecule has 0 N–H and O–H groups in total. The van der Waals surface area contributed by atoms with E-state index in [1.165, 1.54) is 41.5 Å². The summed E-state index contributed by atoms with van der Waals surface area (Å²) in [5, 5.41) is 3.13. The Morgan fingerprint density at radius 3 is 2.57 bits per heavy atom. The Bertz CT molecular complexity index is 228. The van der Waals surface area contributed by atoms with Gasteiger partial charge in [0.15, 0.2) is 0 Å². The van der Waals surface area contributed by atoms with Crippen LogP contribution in [-0.2, 0) is 6.42 Å². The molecule has 0 saturated heterocycles. The van der Waals surface area contributed by atoms with Crippen LogP contribution in [0, 0.1) is 5.38 Å². The van der Waals surface area contributed by atoms with Crippen LogP contribution in [0.1, 0.15) is 38.2 Å². The van der Waals surface area contributed by atoms with Crippen molar-refractivity contribution >= 4 is 50.3 Å².